The van der Waals surface area contributed by atoms with Crippen molar-refractivity contribution < 1.29 is 8.42 Å². The van der Waals surface area contributed by atoms with Gasteiger partial charge in [-0.05, 0) is 17.7 Å². The predicted octanol–water partition coefficient (Wildman–Crippen LogP) is 1.56. The Morgan fingerprint density at radius 2 is 2.25 bits per heavy atom. The molecule has 0 amide bonds. The molecular weight excluding hydrogens is 250 g/mol. The minimum Gasteiger partial charge on any atom is -0.345 e. The van der Waals surface area contributed by atoms with E-state index in [-0.39, 0.29) is 16.8 Å². The molecule has 0 saturated carbocycles. The van der Waals surface area contributed by atoms with Crippen molar-refractivity contribution in [2.75, 3.05) is 0 Å². The van der Waals surface area contributed by atoms with Crippen molar-refractivity contribution in [1.82, 2.24) is 9.97 Å². The molecule has 1 heterocycles. The zero-order chi connectivity index (χ0) is 11.8. The molecule has 1 N–H and O–H groups in total. The molecule has 0 fully saturated rings. The highest BCUT2D eigenvalue weighted by atomic mass is 35.7. The van der Waals surface area contributed by atoms with Crippen LogP contribution in [-0.2, 0) is 15.5 Å². The first-order valence-electron chi connectivity index (χ1n) is 4.30. The van der Waals surface area contributed by atoms with Crippen molar-refractivity contribution in [2.24, 2.45) is 0 Å². The average molecular weight is 256 g/mol. The molecule has 0 aliphatic carbocycles. The fourth-order valence-corrected chi connectivity index (χ4v) is 2.49. The Balaban J connectivity index is 2.80. The van der Waals surface area contributed by atoms with Gasteiger partial charge in [-0.2, -0.15) is 5.26 Å². The summed E-state index contributed by atoms with van der Waals surface area (Å²) < 4.78 is 22.7. The predicted molar refractivity (Wildman–Crippen MR) is 58.4 cm³/mol. The van der Waals surface area contributed by atoms with Crippen molar-refractivity contribution in [3.8, 4) is 6.07 Å². The second-order valence-electron chi connectivity index (χ2n) is 3.17. The van der Waals surface area contributed by atoms with Gasteiger partial charge in [-0.25, -0.2) is 13.4 Å². The molecule has 0 unspecified atom stereocenters. The molecule has 0 radical (unpaired) electrons. The van der Waals surface area contributed by atoms with Crippen molar-refractivity contribution >= 4 is 30.8 Å². The highest BCUT2D eigenvalue weighted by Crippen LogP contribution is 2.25. The summed E-state index contributed by atoms with van der Waals surface area (Å²) >= 11 is 0. The number of hydrogen-bond acceptors (Lipinski definition) is 4. The van der Waals surface area contributed by atoms with E-state index in [1.807, 2.05) is 6.07 Å². The number of hydrogen-bond donors (Lipinski definition) is 1. The summed E-state index contributed by atoms with van der Waals surface area (Å²) in [6, 6.07) is 4.99. The van der Waals surface area contributed by atoms with Crippen LogP contribution in [0.2, 0.25) is 0 Å². The van der Waals surface area contributed by atoms with Crippen molar-refractivity contribution in [1.29, 1.82) is 5.26 Å². The number of nitriles is 1. The molecule has 0 atom stereocenters. The summed E-state index contributed by atoms with van der Waals surface area (Å²) in [5.41, 5.74) is 1.42. The number of halogens is 1. The SMILES string of the molecule is N#CCc1cc(S(=O)(=O)Cl)c2nc[nH]c2c1. The van der Waals surface area contributed by atoms with E-state index >= 15 is 0 Å². The van der Waals surface area contributed by atoms with Crippen LogP contribution in [0, 0.1) is 11.3 Å². The zero-order valence-electron chi connectivity index (χ0n) is 7.94. The lowest BCUT2D eigenvalue weighted by Crippen LogP contribution is -1.95. The molecule has 0 aliphatic rings. The fourth-order valence-electron chi connectivity index (χ4n) is 1.45. The Labute approximate surface area is 96.1 Å². The van der Waals surface area contributed by atoms with Gasteiger partial charge in [0.25, 0.3) is 9.05 Å². The summed E-state index contributed by atoms with van der Waals surface area (Å²) in [5, 5.41) is 8.58. The lowest BCUT2D eigenvalue weighted by atomic mass is 10.1. The van der Waals surface area contributed by atoms with Crippen LogP contribution in [0.4, 0.5) is 0 Å². The Morgan fingerprint density at radius 1 is 1.50 bits per heavy atom. The second kappa shape index (κ2) is 3.77. The van der Waals surface area contributed by atoms with E-state index in [0.29, 0.717) is 11.1 Å². The van der Waals surface area contributed by atoms with Gasteiger partial charge >= 0.3 is 0 Å². The van der Waals surface area contributed by atoms with E-state index in [1.165, 1.54) is 12.4 Å². The van der Waals surface area contributed by atoms with E-state index in [4.69, 9.17) is 15.9 Å². The van der Waals surface area contributed by atoms with Crippen LogP contribution in [0.1, 0.15) is 5.56 Å². The van der Waals surface area contributed by atoms with E-state index < -0.39 is 9.05 Å². The lowest BCUT2D eigenvalue weighted by Gasteiger charge is -2.01. The maximum Gasteiger partial charge on any atom is 0.263 e. The quantitative estimate of drug-likeness (QED) is 0.825. The van der Waals surface area contributed by atoms with Crippen LogP contribution < -0.4 is 0 Å². The zero-order valence-corrected chi connectivity index (χ0v) is 9.51. The molecule has 1 aromatic carbocycles. The van der Waals surface area contributed by atoms with Gasteiger partial charge in [-0.3, -0.25) is 0 Å². The van der Waals surface area contributed by atoms with E-state index in [0.717, 1.165) is 0 Å². The molecule has 16 heavy (non-hydrogen) atoms. The number of nitrogens with zero attached hydrogens (tertiary/aromatic N) is 2. The molecule has 0 saturated heterocycles. The maximum absolute atomic E-state index is 11.3. The fraction of sp³-hybridized carbons (Fsp3) is 0.111. The molecule has 2 rings (SSSR count). The van der Waals surface area contributed by atoms with Crippen LogP contribution in [0.3, 0.4) is 0 Å². The van der Waals surface area contributed by atoms with E-state index in [9.17, 15) is 8.42 Å². The number of aromatic amines is 1. The molecular formula is C9H6ClN3O2S. The van der Waals surface area contributed by atoms with Gasteiger partial charge in [0.2, 0.25) is 0 Å². The number of benzene rings is 1. The van der Waals surface area contributed by atoms with Crippen molar-refractivity contribution in [3.05, 3.63) is 24.0 Å². The molecule has 82 valence electrons. The van der Waals surface area contributed by atoms with Gasteiger partial charge < -0.3 is 4.98 Å². The third kappa shape index (κ3) is 1.87. The minimum absolute atomic E-state index is 0.0711. The average Bonchev–Trinajstić information content (AvgIpc) is 2.63. The Bertz CT molecular complexity index is 684. The van der Waals surface area contributed by atoms with Crippen LogP contribution in [0.25, 0.3) is 11.0 Å². The number of fused-ring (bicyclic) bond motifs is 1. The van der Waals surface area contributed by atoms with Crippen molar-refractivity contribution in [3.63, 3.8) is 0 Å². The van der Waals surface area contributed by atoms with Gasteiger partial charge in [0, 0.05) is 10.7 Å². The third-order valence-electron chi connectivity index (χ3n) is 2.09. The highest BCUT2D eigenvalue weighted by molar-refractivity contribution is 8.14. The first kappa shape index (κ1) is 10.9. The second-order valence-corrected chi connectivity index (χ2v) is 5.70. The van der Waals surface area contributed by atoms with Crippen molar-refractivity contribution in [2.45, 2.75) is 11.3 Å². The minimum atomic E-state index is -3.86. The van der Waals surface area contributed by atoms with Crippen LogP contribution in [0.15, 0.2) is 23.4 Å². The Kier molecular flexibility index (Phi) is 2.58. The van der Waals surface area contributed by atoms with Gasteiger partial charge in [0.1, 0.15) is 10.4 Å². The standard InChI is InChI=1S/C9H6ClN3O2S/c10-16(14,15)8-4-6(1-2-11)3-7-9(8)13-5-12-7/h3-5H,1H2,(H,12,13). The van der Waals surface area contributed by atoms with E-state index in [2.05, 4.69) is 9.97 Å². The largest absolute Gasteiger partial charge is 0.345 e. The Morgan fingerprint density at radius 3 is 2.88 bits per heavy atom. The Hall–Kier alpha value is -1.58. The molecule has 2 aromatic rings. The molecule has 0 aliphatic heterocycles. The molecule has 7 heteroatoms. The van der Waals surface area contributed by atoms with Crippen LogP contribution in [0.5, 0.6) is 0 Å². The number of nitrogens with one attached hydrogen (secondary N) is 1. The first-order chi connectivity index (χ1) is 7.52. The van der Waals surface area contributed by atoms with Gasteiger partial charge in [-0.15, -0.1) is 0 Å². The highest BCUT2D eigenvalue weighted by Gasteiger charge is 2.17. The number of aromatic nitrogens is 2. The summed E-state index contributed by atoms with van der Waals surface area (Å²) in [6.07, 6.45) is 1.50. The normalized spacial score (nSPS) is 11.5. The number of rotatable bonds is 2. The van der Waals surface area contributed by atoms with E-state index in [1.54, 1.807) is 6.07 Å². The molecule has 1 aromatic heterocycles. The molecule has 0 bridgehead atoms. The summed E-state index contributed by atoms with van der Waals surface area (Å²) in [6.45, 7) is 0. The van der Waals surface area contributed by atoms with Crippen LogP contribution in [-0.4, -0.2) is 18.4 Å². The molecule has 0 spiro atoms. The first-order valence-corrected chi connectivity index (χ1v) is 6.61. The third-order valence-corrected chi connectivity index (χ3v) is 3.43. The molecule has 5 nitrogen and oxygen atoms in total. The van der Waals surface area contributed by atoms with Crippen LogP contribution >= 0.6 is 10.7 Å². The van der Waals surface area contributed by atoms with Gasteiger partial charge in [-0.1, -0.05) is 0 Å². The summed E-state index contributed by atoms with van der Waals surface area (Å²) in [5.74, 6) is 0. The summed E-state index contributed by atoms with van der Waals surface area (Å²) in [7, 11) is 1.44. The van der Waals surface area contributed by atoms with Gasteiger partial charge in [0.15, 0.2) is 0 Å². The monoisotopic (exact) mass is 255 g/mol. The van der Waals surface area contributed by atoms with Gasteiger partial charge in [0.05, 0.1) is 24.3 Å². The lowest BCUT2D eigenvalue weighted by molar-refractivity contribution is 0.610. The maximum atomic E-state index is 11.3. The number of H-pyrrole nitrogens is 1. The smallest absolute Gasteiger partial charge is 0.263 e. The topological polar surface area (TPSA) is 86.6 Å². The number of imidazole rings is 1. The summed E-state index contributed by atoms with van der Waals surface area (Å²) in [4.78, 5) is 6.60.